The van der Waals surface area contributed by atoms with E-state index in [2.05, 4.69) is 49.0 Å². The molecule has 2 heteroatoms. The molecule has 2 aromatic carbocycles. The fourth-order valence-corrected chi connectivity index (χ4v) is 3.70. The van der Waals surface area contributed by atoms with Crippen LogP contribution in [0.25, 0.3) is 0 Å². The first-order chi connectivity index (χ1) is 7.88. The first-order valence-electron chi connectivity index (χ1n) is 4.99. The van der Waals surface area contributed by atoms with Gasteiger partial charge in [0.05, 0.1) is 0 Å². The molecule has 0 bridgehead atoms. The van der Waals surface area contributed by atoms with E-state index in [1.807, 2.05) is 12.1 Å². The Labute approximate surface area is 106 Å². The summed E-state index contributed by atoms with van der Waals surface area (Å²) >= 11 is -0.262. The maximum absolute atomic E-state index is 5.19. The van der Waals surface area contributed by atoms with Crippen molar-refractivity contribution in [1.29, 1.82) is 0 Å². The van der Waals surface area contributed by atoms with Gasteiger partial charge in [-0.15, -0.1) is 0 Å². The van der Waals surface area contributed by atoms with Crippen molar-refractivity contribution in [3.05, 3.63) is 67.4 Å². The zero-order valence-electron chi connectivity index (χ0n) is 8.80. The predicted molar refractivity (Wildman–Crippen MR) is 68.7 cm³/mol. The Bertz CT molecular complexity index is 448. The summed E-state index contributed by atoms with van der Waals surface area (Å²) in [6, 6.07) is 18.9. The first kappa shape index (κ1) is 11.3. The van der Waals surface area contributed by atoms with Crippen molar-refractivity contribution in [1.82, 2.24) is 0 Å². The van der Waals surface area contributed by atoms with Crippen molar-refractivity contribution in [2.45, 2.75) is 0 Å². The third kappa shape index (κ3) is 3.13. The van der Waals surface area contributed by atoms with Gasteiger partial charge in [-0.25, -0.2) is 0 Å². The standard InChI is InChI=1S/C14H12OTe/c1-2-15-12-8-10-14(11-9-12)16-13-6-4-3-5-7-13/h2-11H,1H2. The molecule has 0 aromatic heterocycles. The fourth-order valence-electron chi connectivity index (χ4n) is 1.31. The summed E-state index contributed by atoms with van der Waals surface area (Å²) in [5.41, 5.74) is 0. The van der Waals surface area contributed by atoms with Gasteiger partial charge in [-0.2, -0.15) is 0 Å². The first-order valence-corrected chi connectivity index (χ1v) is 7.32. The molecule has 0 unspecified atom stereocenters. The van der Waals surface area contributed by atoms with Crippen molar-refractivity contribution in [2.75, 3.05) is 0 Å². The molecule has 0 aliphatic rings. The predicted octanol–water partition coefficient (Wildman–Crippen LogP) is 1.86. The summed E-state index contributed by atoms with van der Waals surface area (Å²) in [6.07, 6.45) is 1.45. The molecule has 80 valence electrons. The number of hydrogen-bond donors (Lipinski definition) is 0. The van der Waals surface area contributed by atoms with Crippen molar-refractivity contribution < 1.29 is 4.74 Å². The Kier molecular flexibility index (Phi) is 4.04. The molecular weight excluding hydrogens is 312 g/mol. The van der Waals surface area contributed by atoms with Crippen molar-refractivity contribution in [3.63, 3.8) is 0 Å². The molecule has 0 N–H and O–H groups in total. The molecule has 0 aliphatic carbocycles. The number of rotatable bonds is 4. The van der Waals surface area contributed by atoms with Crippen LogP contribution in [0.15, 0.2) is 67.4 Å². The minimum atomic E-state index is -0.262. The van der Waals surface area contributed by atoms with Gasteiger partial charge < -0.3 is 0 Å². The van der Waals surface area contributed by atoms with Crippen LogP contribution in [-0.2, 0) is 0 Å². The van der Waals surface area contributed by atoms with Gasteiger partial charge >= 0.3 is 106 Å². The molecule has 0 aliphatic heterocycles. The van der Waals surface area contributed by atoms with E-state index in [9.17, 15) is 0 Å². The van der Waals surface area contributed by atoms with Crippen LogP contribution in [0.3, 0.4) is 0 Å². The van der Waals surface area contributed by atoms with E-state index in [0.717, 1.165) is 5.75 Å². The zero-order chi connectivity index (χ0) is 11.2. The van der Waals surface area contributed by atoms with Gasteiger partial charge in [0.2, 0.25) is 0 Å². The molecule has 0 radical (unpaired) electrons. The fraction of sp³-hybridized carbons (Fsp3) is 0. The van der Waals surface area contributed by atoms with Gasteiger partial charge in [-0.05, 0) is 0 Å². The number of ether oxygens (including phenoxy) is 1. The molecular formula is C14H12OTe. The molecule has 0 spiro atoms. The minimum absolute atomic E-state index is 0.262. The molecule has 0 amide bonds. The van der Waals surface area contributed by atoms with E-state index in [1.165, 1.54) is 13.5 Å². The molecule has 0 heterocycles. The van der Waals surface area contributed by atoms with Gasteiger partial charge in [-0.1, -0.05) is 0 Å². The van der Waals surface area contributed by atoms with E-state index in [0.29, 0.717) is 0 Å². The summed E-state index contributed by atoms with van der Waals surface area (Å²) in [7, 11) is 0. The van der Waals surface area contributed by atoms with Crippen LogP contribution in [0, 0.1) is 0 Å². The summed E-state index contributed by atoms with van der Waals surface area (Å²) in [5.74, 6) is 0.847. The Balaban J connectivity index is 2.08. The summed E-state index contributed by atoms with van der Waals surface area (Å²) in [5, 5.41) is 0. The van der Waals surface area contributed by atoms with Crippen molar-refractivity contribution >= 4 is 28.1 Å². The second-order valence-electron chi connectivity index (χ2n) is 3.17. The van der Waals surface area contributed by atoms with Gasteiger partial charge in [0.1, 0.15) is 0 Å². The SMILES string of the molecule is C=COc1ccc([Te]c2ccccc2)cc1. The number of hydrogen-bond acceptors (Lipinski definition) is 1. The van der Waals surface area contributed by atoms with Crippen LogP contribution in [0.4, 0.5) is 0 Å². The van der Waals surface area contributed by atoms with Gasteiger partial charge in [0.15, 0.2) is 0 Å². The normalized spacial score (nSPS) is 9.75. The van der Waals surface area contributed by atoms with E-state index < -0.39 is 0 Å². The molecule has 0 fully saturated rings. The van der Waals surface area contributed by atoms with Crippen molar-refractivity contribution in [2.24, 2.45) is 0 Å². The average Bonchev–Trinajstić information content (AvgIpc) is 2.33. The molecule has 0 atom stereocenters. The Morgan fingerprint density at radius 3 is 2.12 bits per heavy atom. The molecule has 2 aromatic rings. The van der Waals surface area contributed by atoms with Crippen LogP contribution < -0.4 is 12.0 Å². The van der Waals surface area contributed by atoms with Gasteiger partial charge in [-0.3, -0.25) is 0 Å². The monoisotopic (exact) mass is 326 g/mol. The summed E-state index contributed by atoms with van der Waals surface area (Å²) < 4.78 is 8.05. The van der Waals surface area contributed by atoms with Crippen LogP contribution in [0.5, 0.6) is 5.75 Å². The molecule has 0 saturated carbocycles. The quantitative estimate of drug-likeness (QED) is 0.616. The van der Waals surface area contributed by atoms with E-state index in [-0.39, 0.29) is 20.9 Å². The maximum atomic E-state index is 5.19. The molecule has 16 heavy (non-hydrogen) atoms. The third-order valence-corrected chi connectivity index (χ3v) is 4.92. The van der Waals surface area contributed by atoms with Gasteiger partial charge in [0, 0.05) is 0 Å². The third-order valence-electron chi connectivity index (χ3n) is 2.02. The molecule has 2 rings (SSSR count). The van der Waals surface area contributed by atoms with E-state index in [1.54, 1.807) is 0 Å². The second-order valence-corrected chi connectivity index (χ2v) is 6.44. The van der Waals surface area contributed by atoms with E-state index in [4.69, 9.17) is 4.74 Å². The summed E-state index contributed by atoms with van der Waals surface area (Å²) in [6.45, 7) is 3.53. The number of benzene rings is 2. The zero-order valence-corrected chi connectivity index (χ0v) is 11.1. The van der Waals surface area contributed by atoms with Gasteiger partial charge in [0.25, 0.3) is 0 Å². The topological polar surface area (TPSA) is 9.23 Å². The van der Waals surface area contributed by atoms with E-state index >= 15 is 0 Å². The Morgan fingerprint density at radius 2 is 1.50 bits per heavy atom. The van der Waals surface area contributed by atoms with Crippen LogP contribution >= 0.6 is 0 Å². The summed E-state index contributed by atoms with van der Waals surface area (Å²) in [4.78, 5) is 0. The van der Waals surface area contributed by atoms with Crippen LogP contribution in [0.2, 0.25) is 0 Å². The van der Waals surface area contributed by atoms with Crippen molar-refractivity contribution in [3.8, 4) is 5.75 Å². The Morgan fingerprint density at radius 1 is 0.875 bits per heavy atom. The van der Waals surface area contributed by atoms with Crippen LogP contribution in [-0.4, -0.2) is 20.9 Å². The molecule has 1 nitrogen and oxygen atoms in total. The second kappa shape index (κ2) is 5.74. The average molecular weight is 324 g/mol. The Hall–Kier alpha value is -1.23. The molecule has 0 saturated heterocycles. The van der Waals surface area contributed by atoms with Crippen LogP contribution in [0.1, 0.15) is 0 Å².